The summed E-state index contributed by atoms with van der Waals surface area (Å²) in [5.74, 6) is -1.23. The number of hydrogen-bond donors (Lipinski definition) is 0. The number of aliphatic carboxylic acids is 1. The number of rotatable bonds is 14. The molecule has 0 aromatic rings. The molecule has 3 heteroatoms. The van der Waals surface area contributed by atoms with Crippen LogP contribution in [0.2, 0.25) is 13.3 Å². The number of hydrogen-bond acceptors (Lipinski definition) is 2. The van der Waals surface area contributed by atoms with E-state index in [0.717, 1.165) is 6.08 Å². The molecule has 0 aromatic carbocycles. The van der Waals surface area contributed by atoms with Crippen molar-refractivity contribution in [3.05, 3.63) is 12.7 Å². The fourth-order valence-electron chi connectivity index (χ4n) is 2.38. The summed E-state index contributed by atoms with van der Waals surface area (Å²) in [5, 5.41) is 9.14. The van der Waals surface area contributed by atoms with E-state index in [1.54, 1.807) is 19.7 Å². The molecule has 0 aromatic heterocycles. The molecule has 0 N–H and O–H groups in total. The second-order valence-corrected chi connectivity index (χ2v) is 14.6. The summed E-state index contributed by atoms with van der Waals surface area (Å²) in [5.41, 5.74) is 0. The van der Waals surface area contributed by atoms with Crippen molar-refractivity contribution in [1.82, 2.24) is 0 Å². The molecule has 0 bridgehead atoms. The second-order valence-electron chi connectivity index (χ2n) is 6.00. The molecule has 0 spiro atoms. The molecule has 0 aliphatic heterocycles. The standard InChI is InChI=1S/C8H17.2C4H9.C3H4O2.Sn/c1-3-5-7-8-6-4-2;2*1-3-4-2;1-2-3(4)5;/h1,3-8H2,2H3;2*1,3-4H2,2H3;2H,1H2,(H,4,5);/q;;;;+1/p-1. The van der Waals surface area contributed by atoms with Gasteiger partial charge in [0.2, 0.25) is 0 Å². The summed E-state index contributed by atoms with van der Waals surface area (Å²) in [7, 11) is 0. The number of carbonyl (C=O) groups excluding carboxylic acids is 1. The van der Waals surface area contributed by atoms with E-state index < -0.39 is 25.7 Å². The molecule has 0 saturated heterocycles. The third-order valence-corrected chi connectivity index (χ3v) is 12.9. The van der Waals surface area contributed by atoms with Gasteiger partial charge < -0.3 is 9.90 Å². The number of carbonyl (C=O) groups is 1. The summed E-state index contributed by atoms with van der Waals surface area (Å²) >= 11 is -0.898. The molecule has 0 amide bonds. The first-order valence-electron chi connectivity index (χ1n) is 9.29. The maximum atomic E-state index is 9.14. The van der Waals surface area contributed by atoms with Crippen LogP contribution in [0.1, 0.15) is 85.0 Å². The molecule has 0 saturated carbocycles. The molecule has 0 radical (unpaired) electrons. The Hall–Kier alpha value is 0.00870. The molecule has 2 nitrogen and oxygen atoms in total. The summed E-state index contributed by atoms with van der Waals surface area (Å²) in [6.07, 6.45) is 15.6. The van der Waals surface area contributed by atoms with E-state index in [9.17, 15) is 0 Å². The van der Waals surface area contributed by atoms with Gasteiger partial charge in [0.1, 0.15) is 0 Å². The fraction of sp³-hybridized carbons (Fsp3) is 0.842. The summed E-state index contributed by atoms with van der Waals surface area (Å²) < 4.78 is 5.08. The average molecular weight is 417 g/mol. The first-order chi connectivity index (χ1) is 10.6. The van der Waals surface area contributed by atoms with Crippen LogP contribution in [0.4, 0.5) is 0 Å². The van der Waals surface area contributed by atoms with Crippen LogP contribution in [0.15, 0.2) is 12.7 Å². The quantitative estimate of drug-likeness (QED) is 0.217. The predicted octanol–water partition coefficient (Wildman–Crippen LogP) is 5.36. The molecule has 22 heavy (non-hydrogen) atoms. The molecule has 0 heterocycles. The zero-order valence-corrected chi connectivity index (χ0v) is 18.1. The number of carboxylic acid groups (broad SMARTS) is 1. The van der Waals surface area contributed by atoms with Crippen LogP contribution in [0.25, 0.3) is 0 Å². The van der Waals surface area contributed by atoms with E-state index in [1.165, 1.54) is 57.8 Å². The van der Waals surface area contributed by atoms with Gasteiger partial charge in [0.05, 0.1) is 5.97 Å². The van der Waals surface area contributed by atoms with Gasteiger partial charge in [0.25, 0.3) is 0 Å². The van der Waals surface area contributed by atoms with Gasteiger partial charge in [-0.2, -0.15) is 0 Å². The molecule has 0 atom stereocenters. The van der Waals surface area contributed by atoms with Crippen LogP contribution < -0.4 is 5.11 Å². The zero-order valence-electron chi connectivity index (χ0n) is 15.3. The van der Waals surface area contributed by atoms with Crippen molar-refractivity contribution < 1.29 is 9.90 Å². The zero-order chi connectivity index (χ0) is 17.1. The van der Waals surface area contributed by atoms with Gasteiger partial charge in [0.15, 0.2) is 0 Å². The van der Waals surface area contributed by atoms with Gasteiger partial charge in [-0.1, -0.05) is 6.58 Å². The Bertz CT molecular complexity index is 234. The predicted molar refractivity (Wildman–Crippen MR) is 98.6 cm³/mol. The summed E-state index contributed by atoms with van der Waals surface area (Å²) in [6, 6.07) is 0. The van der Waals surface area contributed by atoms with Crippen LogP contribution in [-0.2, 0) is 4.79 Å². The van der Waals surface area contributed by atoms with Crippen molar-refractivity contribution in [2.75, 3.05) is 0 Å². The van der Waals surface area contributed by atoms with Gasteiger partial charge in [-0.05, 0) is 6.08 Å². The Labute approximate surface area is 146 Å². The maximum absolute atomic E-state index is 9.14. The molecule has 0 unspecified atom stereocenters. The van der Waals surface area contributed by atoms with E-state index in [4.69, 9.17) is 9.90 Å². The molecule has 0 aliphatic rings. The molecule has 0 rings (SSSR count). The van der Waals surface area contributed by atoms with Crippen molar-refractivity contribution in [2.24, 2.45) is 0 Å². The Kier molecular flexibility index (Phi) is 23.2. The monoisotopic (exact) mass is 418 g/mol. The van der Waals surface area contributed by atoms with Crippen LogP contribution in [0.3, 0.4) is 0 Å². The van der Waals surface area contributed by atoms with Gasteiger partial charge in [-0.25, -0.2) is 0 Å². The van der Waals surface area contributed by atoms with Crippen LogP contribution >= 0.6 is 0 Å². The van der Waals surface area contributed by atoms with Crippen molar-refractivity contribution in [3.8, 4) is 0 Å². The first-order valence-corrected chi connectivity index (χ1v) is 15.3. The molecule has 130 valence electrons. The molecular formula is C19H38O2Sn. The third kappa shape index (κ3) is 22.3. The van der Waals surface area contributed by atoms with E-state index in [1.807, 2.05) is 0 Å². The Balaban J connectivity index is 0. The summed E-state index contributed by atoms with van der Waals surface area (Å²) in [6.45, 7) is 9.91. The minimum absolute atomic E-state index is 0.722. The second kappa shape index (κ2) is 21.0. The van der Waals surface area contributed by atoms with Crippen molar-refractivity contribution in [3.63, 3.8) is 0 Å². The van der Waals surface area contributed by atoms with Gasteiger partial charge in [0, 0.05) is 0 Å². The first kappa shape index (κ1) is 24.3. The van der Waals surface area contributed by atoms with Crippen LogP contribution in [0.5, 0.6) is 0 Å². The molecule has 0 fully saturated rings. The van der Waals surface area contributed by atoms with Gasteiger partial charge in [-0.15, -0.1) is 0 Å². The number of unbranched alkanes of at least 4 members (excludes halogenated alkanes) is 7. The van der Waals surface area contributed by atoms with Crippen molar-refractivity contribution in [1.29, 1.82) is 0 Å². The minimum atomic E-state index is -1.23. The average Bonchev–Trinajstić information content (AvgIpc) is 2.53. The van der Waals surface area contributed by atoms with Crippen molar-refractivity contribution >= 4 is 25.7 Å². The fourth-order valence-corrected chi connectivity index (χ4v) is 11.5. The Morgan fingerprint density at radius 2 is 1.18 bits per heavy atom. The Morgan fingerprint density at radius 3 is 1.59 bits per heavy atom. The SMILES string of the molecule is C=CC(=O)[O-].CCCCCCC[CH2][Sn+]([CH2]CCC)[CH2]CCC. The number of carboxylic acids is 1. The molecular weight excluding hydrogens is 379 g/mol. The Morgan fingerprint density at radius 1 is 0.818 bits per heavy atom. The topological polar surface area (TPSA) is 40.1 Å². The van der Waals surface area contributed by atoms with E-state index >= 15 is 0 Å². The molecule has 0 aliphatic carbocycles. The van der Waals surface area contributed by atoms with Crippen molar-refractivity contribution in [2.45, 2.75) is 98.3 Å². The van der Waals surface area contributed by atoms with E-state index in [2.05, 4.69) is 27.4 Å². The van der Waals surface area contributed by atoms with Crippen LogP contribution in [-0.4, -0.2) is 25.7 Å². The van der Waals surface area contributed by atoms with E-state index in [0.29, 0.717) is 0 Å². The van der Waals surface area contributed by atoms with Gasteiger partial charge >= 0.3 is 118 Å². The normalized spacial score (nSPS) is 9.77. The van der Waals surface area contributed by atoms with Gasteiger partial charge in [-0.3, -0.25) is 0 Å². The summed E-state index contributed by atoms with van der Waals surface area (Å²) in [4.78, 5) is 9.14. The van der Waals surface area contributed by atoms with Crippen LogP contribution in [0, 0.1) is 0 Å². The van der Waals surface area contributed by atoms with E-state index in [-0.39, 0.29) is 0 Å². The third-order valence-electron chi connectivity index (χ3n) is 3.82.